The summed E-state index contributed by atoms with van der Waals surface area (Å²) in [5.41, 5.74) is 1.67. The van der Waals surface area contributed by atoms with Gasteiger partial charge in [0.25, 0.3) is 5.69 Å². The van der Waals surface area contributed by atoms with Crippen LogP contribution in [-0.2, 0) is 0 Å². The van der Waals surface area contributed by atoms with Gasteiger partial charge in [-0.15, -0.1) is 0 Å². The number of hydrogen-bond acceptors (Lipinski definition) is 4. The Morgan fingerprint density at radius 1 is 1.10 bits per heavy atom. The number of non-ortho nitro benzene ring substituents is 1. The predicted molar refractivity (Wildman–Crippen MR) is 77.6 cm³/mol. The zero-order chi connectivity index (χ0) is 15.2. The summed E-state index contributed by atoms with van der Waals surface area (Å²) >= 11 is 0. The number of ketones is 1. The zero-order valence-electron chi connectivity index (χ0n) is 10.9. The predicted octanol–water partition coefficient (Wildman–Crippen LogP) is 3.36. The van der Waals surface area contributed by atoms with E-state index in [0.29, 0.717) is 11.1 Å². The van der Waals surface area contributed by atoms with Crippen molar-refractivity contribution in [2.24, 2.45) is 0 Å². The van der Waals surface area contributed by atoms with Crippen LogP contribution in [0.1, 0.15) is 21.5 Å². The molecule has 0 aromatic heterocycles. The number of nitro groups is 1. The molecule has 0 radical (unpaired) electrons. The third-order valence-electron chi connectivity index (χ3n) is 2.83. The van der Waals surface area contributed by atoms with Gasteiger partial charge < -0.3 is 0 Å². The summed E-state index contributed by atoms with van der Waals surface area (Å²) in [6.45, 7) is 0. The lowest BCUT2D eigenvalue weighted by Gasteiger charge is -1.96. The minimum Gasteiger partial charge on any atom is -0.289 e. The van der Waals surface area contributed by atoms with Crippen molar-refractivity contribution < 1.29 is 9.72 Å². The zero-order valence-corrected chi connectivity index (χ0v) is 10.9. The number of carbonyl (C=O) groups excluding carboxylic acids is 1. The van der Waals surface area contributed by atoms with Crippen LogP contribution >= 0.6 is 0 Å². The van der Waals surface area contributed by atoms with Gasteiger partial charge in [-0.1, -0.05) is 18.2 Å². The van der Waals surface area contributed by atoms with E-state index >= 15 is 0 Å². The second-order valence-corrected chi connectivity index (χ2v) is 4.24. The van der Waals surface area contributed by atoms with E-state index in [-0.39, 0.29) is 11.5 Å². The SMILES string of the molecule is N#Cc1ccc(C=CC(=O)c2ccc([N+](=O)[O-])cc2)cc1. The van der Waals surface area contributed by atoms with Gasteiger partial charge >= 0.3 is 0 Å². The van der Waals surface area contributed by atoms with E-state index in [1.807, 2.05) is 6.07 Å². The molecule has 102 valence electrons. The summed E-state index contributed by atoms with van der Waals surface area (Å²) in [4.78, 5) is 21.9. The van der Waals surface area contributed by atoms with Gasteiger partial charge in [-0.25, -0.2) is 0 Å². The third-order valence-corrected chi connectivity index (χ3v) is 2.83. The van der Waals surface area contributed by atoms with Crippen LogP contribution in [0.5, 0.6) is 0 Å². The van der Waals surface area contributed by atoms with Crippen molar-refractivity contribution in [3.8, 4) is 6.07 Å². The molecule has 0 unspecified atom stereocenters. The highest BCUT2D eigenvalue weighted by Crippen LogP contribution is 2.13. The van der Waals surface area contributed by atoms with Crippen molar-refractivity contribution in [1.29, 1.82) is 5.26 Å². The van der Waals surface area contributed by atoms with E-state index in [1.165, 1.54) is 30.3 Å². The summed E-state index contributed by atoms with van der Waals surface area (Å²) in [5.74, 6) is -0.241. The highest BCUT2D eigenvalue weighted by atomic mass is 16.6. The molecule has 2 aromatic carbocycles. The molecule has 2 aromatic rings. The van der Waals surface area contributed by atoms with E-state index in [0.717, 1.165) is 5.56 Å². The molecule has 0 aliphatic heterocycles. The molecule has 0 saturated heterocycles. The van der Waals surface area contributed by atoms with Crippen LogP contribution in [0.3, 0.4) is 0 Å². The maximum Gasteiger partial charge on any atom is 0.269 e. The monoisotopic (exact) mass is 278 g/mol. The molecular formula is C16H10N2O3. The molecule has 0 bridgehead atoms. The smallest absolute Gasteiger partial charge is 0.269 e. The summed E-state index contributed by atoms with van der Waals surface area (Å²) in [6, 6.07) is 14.2. The second kappa shape index (κ2) is 6.26. The molecule has 0 atom stereocenters. The first-order valence-corrected chi connectivity index (χ1v) is 6.07. The first-order valence-electron chi connectivity index (χ1n) is 6.07. The molecule has 0 saturated carbocycles. The van der Waals surface area contributed by atoms with Crippen molar-refractivity contribution in [1.82, 2.24) is 0 Å². The average molecular weight is 278 g/mol. The third kappa shape index (κ3) is 3.61. The highest BCUT2D eigenvalue weighted by molar-refractivity contribution is 6.06. The first kappa shape index (κ1) is 14.2. The normalized spacial score (nSPS) is 10.2. The molecule has 0 aliphatic rings. The van der Waals surface area contributed by atoms with Crippen LogP contribution in [0.4, 0.5) is 5.69 Å². The standard InChI is InChI=1S/C16H10N2O3/c17-11-13-3-1-12(2-4-13)5-10-16(19)14-6-8-15(9-7-14)18(20)21/h1-10H. The molecule has 0 N–H and O–H groups in total. The van der Waals surface area contributed by atoms with Crippen molar-refractivity contribution in [3.63, 3.8) is 0 Å². The van der Waals surface area contributed by atoms with Crippen molar-refractivity contribution in [2.75, 3.05) is 0 Å². The Labute approximate surface area is 120 Å². The molecule has 0 aliphatic carbocycles. The highest BCUT2D eigenvalue weighted by Gasteiger charge is 2.07. The van der Waals surface area contributed by atoms with Crippen molar-refractivity contribution in [2.45, 2.75) is 0 Å². The fourth-order valence-corrected chi connectivity index (χ4v) is 1.68. The molecule has 2 rings (SSSR count). The fourth-order valence-electron chi connectivity index (χ4n) is 1.68. The number of rotatable bonds is 4. The maximum atomic E-state index is 11.9. The Hall–Kier alpha value is -3.26. The minimum absolute atomic E-state index is 0.0531. The van der Waals surface area contributed by atoms with Gasteiger partial charge in [0.2, 0.25) is 0 Å². The molecule has 0 heterocycles. The van der Waals surface area contributed by atoms with Gasteiger partial charge in [-0.2, -0.15) is 5.26 Å². The Bertz CT molecular complexity index is 739. The number of hydrogen-bond donors (Lipinski definition) is 0. The largest absolute Gasteiger partial charge is 0.289 e. The average Bonchev–Trinajstić information content (AvgIpc) is 2.53. The second-order valence-electron chi connectivity index (χ2n) is 4.24. The summed E-state index contributed by atoms with van der Waals surface area (Å²) < 4.78 is 0. The molecule has 5 heteroatoms. The van der Waals surface area contributed by atoms with E-state index in [2.05, 4.69) is 0 Å². The summed E-state index contributed by atoms with van der Waals surface area (Å²) in [7, 11) is 0. The van der Waals surface area contributed by atoms with Crippen LogP contribution < -0.4 is 0 Å². The van der Waals surface area contributed by atoms with Gasteiger partial charge in [-0.05, 0) is 35.9 Å². The summed E-state index contributed by atoms with van der Waals surface area (Å²) in [5, 5.41) is 19.2. The molecule has 0 amide bonds. The van der Waals surface area contributed by atoms with Gasteiger partial charge in [-0.3, -0.25) is 14.9 Å². The first-order chi connectivity index (χ1) is 10.1. The number of nitrogens with zero attached hydrogens (tertiary/aromatic N) is 2. The molecule has 0 spiro atoms. The maximum absolute atomic E-state index is 11.9. The van der Waals surface area contributed by atoms with Crippen LogP contribution in [-0.4, -0.2) is 10.7 Å². The Morgan fingerprint density at radius 3 is 2.24 bits per heavy atom. The van der Waals surface area contributed by atoms with Crippen LogP contribution in [0, 0.1) is 21.4 Å². The Balaban J connectivity index is 2.11. The number of allylic oxidation sites excluding steroid dienone is 1. The molecular weight excluding hydrogens is 268 g/mol. The molecule has 5 nitrogen and oxygen atoms in total. The van der Waals surface area contributed by atoms with Gasteiger partial charge in [0, 0.05) is 17.7 Å². The minimum atomic E-state index is -0.513. The van der Waals surface area contributed by atoms with E-state index in [1.54, 1.807) is 30.3 Å². The van der Waals surface area contributed by atoms with Crippen LogP contribution in [0.2, 0.25) is 0 Å². The van der Waals surface area contributed by atoms with E-state index in [9.17, 15) is 14.9 Å². The summed E-state index contributed by atoms with van der Waals surface area (Å²) in [6.07, 6.45) is 3.02. The lowest BCUT2D eigenvalue weighted by atomic mass is 10.1. The van der Waals surface area contributed by atoms with Crippen LogP contribution in [0.15, 0.2) is 54.6 Å². The lowest BCUT2D eigenvalue weighted by molar-refractivity contribution is -0.384. The number of nitro benzene ring substituents is 1. The quantitative estimate of drug-likeness (QED) is 0.371. The van der Waals surface area contributed by atoms with E-state index < -0.39 is 4.92 Å². The van der Waals surface area contributed by atoms with Crippen molar-refractivity contribution in [3.05, 3.63) is 81.4 Å². The topological polar surface area (TPSA) is 84.0 Å². The lowest BCUT2D eigenvalue weighted by Crippen LogP contribution is -1.95. The van der Waals surface area contributed by atoms with Gasteiger partial charge in [0.15, 0.2) is 5.78 Å². The Morgan fingerprint density at radius 2 is 1.71 bits per heavy atom. The number of carbonyl (C=O) groups is 1. The van der Waals surface area contributed by atoms with Gasteiger partial charge in [0.05, 0.1) is 16.6 Å². The number of nitriles is 1. The van der Waals surface area contributed by atoms with E-state index in [4.69, 9.17) is 5.26 Å². The van der Waals surface area contributed by atoms with Crippen LogP contribution in [0.25, 0.3) is 6.08 Å². The van der Waals surface area contributed by atoms with Gasteiger partial charge in [0.1, 0.15) is 0 Å². The molecule has 0 fully saturated rings. The van der Waals surface area contributed by atoms with Crippen molar-refractivity contribution >= 4 is 17.5 Å². The fraction of sp³-hybridized carbons (Fsp3) is 0. The molecule has 21 heavy (non-hydrogen) atoms. The number of benzene rings is 2. The Kier molecular flexibility index (Phi) is 4.22.